The van der Waals surface area contributed by atoms with Crippen molar-refractivity contribution in [3.8, 4) is 11.5 Å². The first-order chi connectivity index (χ1) is 17.0. The molecule has 1 amide bonds. The number of benzene rings is 3. The van der Waals surface area contributed by atoms with Crippen molar-refractivity contribution < 1.29 is 18.7 Å². The maximum Gasteiger partial charge on any atom is 0.280 e. The van der Waals surface area contributed by atoms with Crippen molar-refractivity contribution in [1.29, 1.82) is 0 Å². The third-order valence-corrected chi connectivity index (χ3v) is 6.22. The van der Waals surface area contributed by atoms with Crippen LogP contribution in [0.3, 0.4) is 0 Å². The minimum atomic E-state index is -0.313. The average Bonchev–Trinajstić information content (AvgIpc) is 3.15. The highest BCUT2D eigenvalue weighted by Crippen LogP contribution is 2.36. The number of hydrazone groups is 1. The molecule has 0 aliphatic carbocycles. The predicted octanol–water partition coefficient (Wildman–Crippen LogP) is 6.99. The molecule has 0 bridgehead atoms. The number of rotatable bonds is 9. The molecule has 0 saturated carbocycles. The number of anilines is 1. The summed E-state index contributed by atoms with van der Waals surface area (Å²) in [6.07, 6.45) is 3.42. The van der Waals surface area contributed by atoms with Gasteiger partial charge in [0.2, 0.25) is 0 Å². The van der Waals surface area contributed by atoms with Gasteiger partial charge in [-0.15, -0.1) is 0 Å². The van der Waals surface area contributed by atoms with Crippen molar-refractivity contribution in [1.82, 2.24) is 0 Å². The molecule has 0 unspecified atom stereocenters. The van der Waals surface area contributed by atoms with Crippen LogP contribution in [0.25, 0.3) is 6.08 Å². The number of carbonyl (C=O) groups excluding carboxylic acids is 1. The van der Waals surface area contributed by atoms with Gasteiger partial charge in [0.1, 0.15) is 12.4 Å². The van der Waals surface area contributed by atoms with Gasteiger partial charge in [-0.1, -0.05) is 49.7 Å². The van der Waals surface area contributed by atoms with Crippen LogP contribution in [0.2, 0.25) is 0 Å². The lowest BCUT2D eigenvalue weighted by Crippen LogP contribution is -2.21. The van der Waals surface area contributed by atoms with E-state index in [2.05, 4.69) is 34.6 Å². The zero-order valence-electron chi connectivity index (χ0n) is 19.6. The van der Waals surface area contributed by atoms with E-state index in [9.17, 15) is 9.18 Å². The van der Waals surface area contributed by atoms with E-state index in [1.165, 1.54) is 11.1 Å². The summed E-state index contributed by atoms with van der Waals surface area (Å²) in [5.41, 5.74) is 3.33. The standard InChI is InChI=1S/C28H26FIN2O3/c1-3-10-25-22(28(33)32(31-25)21-12-6-5-7-13-21)15-19-16-24(30)27(26(17-19)34-4-2)35-18-20-11-8-9-14-23(20)29/h5-9,11-17H,3-4,10,18H2,1-2H3. The highest BCUT2D eigenvalue weighted by molar-refractivity contribution is 14.1. The number of nitrogens with zero attached hydrogens (tertiary/aromatic N) is 2. The minimum absolute atomic E-state index is 0.0843. The van der Waals surface area contributed by atoms with E-state index in [0.29, 0.717) is 35.7 Å². The van der Waals surface area contributed by atoms with Crippen LogP contribution in [0.4, 0.5) is 10.1 Å². The quantitative estimate of drug-likeness (QED) is 0.201. The summed E-state index contributed by atoms with van der Waals surface area (Å²) in [4.78, 5) is 13.3. The Morgan fingerprint density at radius 2 is 1.77 bits per heavy atom. The van der Waals surface area contributed by atoms with Crippen LogP contribution in [0.1, 0.15) is 37.8 Å². The summed E-state index contributed by atoms with van der Waals surface area (Å²) in [6.45, 7) is 4.48. The molecular formula is C28H26FIN2O3. The Morgan fingerprint density at radius 3 is 2.49 bits per heavy atom. The van der Waals surface area contributed by atoms with E-state index >= 15 is 0 Å². The first kappa shape index (κ1) is 24.9. The number of ether oxygens (including phenoxy) is 2. The van der Waals surface area contributed by atoms with Gasteiger partial charge in [0.15, 0.2) is 11.5 Å². The molecule has 5 nitrogen and oxygen atoms in total. The fourth-order valence-corrected chi connectivity index (χ4v) is 4.56. The van der Waals surface area contributed by atoms with Gasteiger partial charge in [0.25, 0.3) is 5.91 Å². The average molecular weight is 584 g/mol. The van der Waals surface area contributed by atoms with E-state index in [1.54, 1.807) is 18.2 Å². The van der Waals surface area contributed by atoms with Crippen molar-refractivity contribution in [2.75, 3.05) is 11.6 Å². The lowest BCUT2D eigenvalue weighted by atomic mass is 10.0. The molecule has 180 valence electrons. The zero-order chi connectivity index (χ0) is 24.8. The van der Waals surface area contributed by atoms with Gasteiger partial charge in [0, 0.05) is 5.56 Å². The summed E-state index contributed by atoms with van der Waals surface area (Å²) in [7, 11) is 0. The minimum Gasteiger partial charge on any atom is -0.490 e. The highest BCUT2D eigenvalue weighted by Gasteiger charge is 2.30. The second-order valence-corrected chi connectivity index (χ2v) is 9.11. The Hall–Kier alpha value is -3.20. The SMILES string of the molecule is CCCC1=NN(c2ccccc2)C(=O)C1=Cc1cc(I)c(OCc2ccccc2F)c(OCC)c1. The van der Waals surface area contributed by atoms with Crippen LogP contribution in [0, 0.1) is 9.39 Å². The van der Waals surface area contributed by atoms with E-state index < -0.39 is 0 Å². The summed E-state index contributed by atoms with van der Waals surface area (Å²) in [5, 5.41) is 6.07. The monoisotopic (exact) mass is 584 g/mol. The molecule has 0 aromatic heterocycles. The summed E-state index contributed by atoms with van der Waals surface area (Å²) < 4.78 is 26.7. The summed E-state index contributed by atoms with van der Waals surface area (Å²) in [5.74, 6) is 0.616. The second kappa shape index (κ2) is 11.5. The molecule has 1 heterocycles. The number of halogens is 2. The van der Waals surface area contributed by atoms with E-state index in [0.717, 1.165) is 27.0 Å². The largest absolute Gasteiger partial charge is 0.490 e. The Labute approximate surface area is 218 Å². The van der Waals surface area contributed by atoms with Crippen LogP contribution in [0.5, 0.6) is 11.5 Å². The molecule has 0 saturated heterocycles. The van der Waals surface area contributed by atoms with E-state index in [4.69, 9.17) is 9.47 Å². The Balaban J connectivity index is 1.66. The molecule has 1 aliphatic heterocycles. The Kier molecular flexibility index (Phi) is 8.17. The van der Waals surface area contributed by atoms with Gasteiger partial charge in [-0.2, -0.15) is 10.1 Å². The van der Waals surface area contributed by atoms with Gasteiger partial charge in [0.05, 0.1) is 27.1 Å². The molecule has 0 radical (unpaired) electrons. The number of carbonyl (C=O) groups is 1. The van der Waals surface area contributed by atoms with Gasteiger partial charge in [-0.25, -0.2) is 4.39 Å². The maximum atomic E-state index is 14.1. The second-order valence-electron chi connectivity index (χ2n) is 7.95. The highest BCUT2D eigenvalue weighted by atomic mass is 127. The smallest absolute Gasteiger partial charge is 0.280 e. The predicted molar refractivity (Wildman–Crippen MR) is 145 cm³/mol. The van der Waals surface area contributed by atoms with Gasteiger partial charge in [-0.05, 0) is 77.9 Å². The number of para-hydroxylation sites is 1. The first-order valence-corrected chi connectivity index (χ1v) is 12.6. The Bertz CT molecular complexity index is 1270. The van der Waals surface area contributed by atoms with Crippen molar-refractivity contribution in [3.05, 3.63) is 92.8 Å². The molecule has 4 rings (SSSR count). The third-order valence-electron chi connectivity index (χ3n) is 5.41. The molecular weight excluding hydrogens is 558 g/mol. The molecule has 3 aromatic carbocycles. The van der Waals surface area contributed by atoms with Crippen LogP contribution in [0.15, 0.2) is 77.4 Å². The van der Waals surface area contributed by atoms with Crippen molar-refractivity contribution >= 4 is 46.0 Å². The molecule has 7 heteroatoms. The number of hydrogen-bond donors (Lipinski definition) is 0. The number of amides is 1. The lowest BCUT2D eigenvalue weighted by Gasteiger charge is -2.15. The van der Waals surface area contributed by atoms with Crippen molar-refractivity contribution in [2.45, 2.75) is 33.3 Å². The zero-order valence-corrected chi connectivity index (χ0v) is 21.8. The fourth-order valence-electron chi connectivity index (χ4n) is 3.77. The van der Waals surface area contributed by atoms with Crippen molar-refractivity contribution in [3.63, 3.8) is 0 Å². The van der Waals surface area contributed by atoms with Crippen LogP contribution >= 0.6 is 22.6 Å². The molecule has 0 spiro atoms. The van der Waals surface area contributed by atoms with Crippen molar-refractivity contribution in [2.24, 2.45) is 5.10 Å². The molecule has 0 fully saturated rings. The first-order valence-electron chi connectivity index (χ1n) is 11.5. The van der Waals surface area contributed by atoms with Crippen LogP contribution in [-0.2, 0) is 11.4 Å². The topological polar surface area (TPSA) is 51.1 Å². The third kappa shape index (κ3) is 5.73. The van der Waals surface area contributed by atoms with Gasteiger partial charge < -0.3 is 9.47 Å². The maximum absolute atomic E-state index is 14.1. The van der Waals surface area contributed by atoms with Crippen LogP contribution in [-0.4, -0.2) is 18.2 Å². The van der Waals surface area contributed by atoms with Gasteiger partial charge in [-0.3, -0.25) is 4.79 Å². The molecule has 0 atom stereocenters. The molecule has 35 heavy (non-hydrogen) atoms. The summed E-state index contributed by atoms with van der Waals surface area (Å²) >= 11 is 2.18. The van der Waals surface area contributed by atoms with E-state index in [1.807, 2.05) is 55.5 Å². The molecule has 1 aliphatic rings. The lowest BCUT2D eigenvalue weighted by molar-refractivity contribution is -0.114. The fraction of sp³-hybridized carbons (Fsp3) is 0.214. The van der Waals surface area contributed by atoms with E-state index in [-0.39, 0.29) is 18.3 Å². The Morgan fingerprint density at radius 1 is 1.03 bits per heavy atom. The summed E-state index contributed by atoms with van der Waals surface area (Å²) in [6, 6.07) is 19.7. The molecule has 0 N–H and O–H groups in total. The molecule has 3 aromatic rings. The normalized spacial score (nSPS) is 14.4. The van der Waals surface area contributed by atoms with Crippen LogP contribution < -0.4 is 14.5 Å². The number of hydrogen-bond acceptors (Lipinski definition) is 4. The van der Waals surface area contributed by atoms with Gasteiger partial charge >= 0.3 is 0 Å².